The Labute approximate surface area is 177 Å². The van der Waals surface area contributed by atoms with E-state index in [0.29, 0.717) is 25.8 Å². The van der Waals surface area contributed by atoms with Gasteiger partial charge in [0.05, 0.1) is 6.04 Å². The van der Waals surface area contributed by atoms with Gasteiger partial charge in [0.1, 0.15) is 12.1 Å². The van der Waals surface area contributed by atoms with Crippen molar-refractivity contribution in [3.8, 4) is 0 Å². The molecular weight excluding hydrogens is 398 g/mol. The Hall–Kier alpha value is -2.05. The van der Waals surface area contributed by atoms with E-state index >= 15 is 0 Å². The predicted molar refractivity (Wildman–Crippen MR) is 115 cm³/mol. The minimum Gasteiger partial charge on any atom is -0.480 e. The molecule has 0 aliphatic rings. The number of nitrogens with two attached hydrogens (primary N) is 1. The minimum absolute atomic E-state index is 0.130. The summed E-state index contributed by atoms with van der Waals surface area (Å²) in [6.07, 6.45) is 2.46. The van der Waals surface area contributed by atoms with Crippen LogP contribution in [0.15, 0.2) is 0 Å². The van der Waals surface area contributed by atoms with E-state index in [2.05, 4.69) is 39.2 Å². The Morgan fingerprint density at radius 3 is 2.17 bits per heavy atom. The molecule has 0 spiro atoms. The number of unbranched alkanes of at least 4 members (excludes halogenated alkanes) is 1. The predicted octanol–water partition coefficient (Wildman–Crippen LogP) is -1.79. The highest BCUT2D eigenvalue weighted by molar-refractivity contribution is 7.80. The number of thiol groups is 1. The molecule has 0 aliphatic heterocycles. The average Bonchev–Trinajstić information content (AvgIpc) is 2.70. The van der Waals surface area contributed by atoms with E-state index in [1.165, 1.54) is 0 Å². The van der Waals surface area contributed by atoms with Crippen molar-refractivity contribution in [2.75, 3.05) is 32.9 Å². The van der Waals surface area contributed by atoms with Crippen molar-refractivity contribution in [2.45, 2.75) is 50.2 Å². The monoisotopic (exact) mass is 433 g/mol. The second-order valence-electron chi connectivity index (χ2n) is 6.54. The normalized spacial score (nSPS) is 13.7. The minimum atomic E-state index is -1.16. The van der Waals surface area contributed by atoms with E-state index in [0.717, 1.165) is 13.0 Å². The van der Waals surface area contributed by atoms with Gasteiger partial charge in [-0.05, 0) is 45.7 Å². The van der Waals surface area contributed by atoms with Crippen LogP contribution in [0.4, 0.5) is 0 Å². The third-order valence-corrected chi connectivity index (χ3v) is 4.57. The number of rotatable bonds is 15. The van der Waals surface area contributed by atoms with Gasteiger partial charge in [0.25, 0.3) is 0 Å². The summed E-state index contributed by atoms with van der Waals surface area (Å²) in [4.78, 5) is 36.2. The molecule has 0 aliphatic carbocycles. The highest BCUT2D eigenvalue weighted by atomic mass is 32.1. The van der Waals surface area contributed by atoms with Gasteiger partial charge in [-0.2, -0.15) is 12.6 Å². The Morgan fingerprint density at radius 1 is 1.00 bits per heavy atom. The molecule has 0 saturated carbocycles. The average molecular weight is 434 g/mol. The molecule has 9 N–H and O–H groups in total. The van der Waals surface area contributed by atoms with Crippen molar-refractivity contribution in [1.29, 1.82) is 5.41 Å². The quantitative estimate of drug-likeness (QED) is 0.0628. The summed E-state index contributed by atoms with van der Waals surface area (Å²) in [6, 6.07) is -2.82. The van der Waals surface area contributed by atoms with Crippen LogP contribution in [0.25, 0.3) is 0 Å². The van der Waals surface area contributed by atoms with Crippen molar-refractivity contribution in [3.05, 3.63) is 0 Å². The SMILES string of the molecule is CNCCCC[C@H](NC(=O)[C@@H](N)CS)C(=O)N[C@@H](CCCNC(=N)NC)C(=O)O. The molecule has 0 radical (unpaired) electrons. The third-order valence-electron chi connectivity index (χ3n) is 4.17. The lowest BCUT2D eigenvalue weighted by molar-refractivity contribution is -0.142. The molecule has 0 heterocycles. The zero-order chi connectivity index (χ0) is 22.2. The van der Waals surface area contributed by atoms with E-state index < -0.39 is 35.9 Å². The number of hydrogen-bond acceptors (Lipinski definition) is 7. The molecule has 11 nitrogen and oxygen atoms in total. The summed E-state index contributed by atoms with van der Waals surface area (Å²) >= 11 is 3.98. The smallest absolute Gasteiger partial charge is 0.326 e. The van der Waals surface area contributed by atoms with Gasteiger partial charge in [-0.15, -0.1) is 0 Å². The number of aliphatic carboxylic acids is 1. The van der Waals surface area contributed by atoms with Gasteiger partial charge in [-0.1, -0.05) is 0 Å². The van der Waals surface area contributed by atoms with Gasteiger partial charge >= 0.3 is 5.97 Å². The number of amides is 2. The van der Waals surface area contributed by atoms with Crippen LogP contribution in [-0.4, -0.2) is 79.9 Å². The van der Waals surface area contributed by atoms with Crippen molar-refractivity contribution >= 4 is 36.4 Å². The molecule has 3 atom stereocenters. The second-order valence-corrected chi connectivity index (χ2v) is 6.91. The van der Waals surface area contributed by atoms with Crippen LogP contribution >= 0.6 is 12.6 Å². The van der Waals surface area contributed by atoms with Gasteiger partial charge in [0, 0.05) is 19.3 Å². The molecule has 0 aromatic rings. The molecular formula is C17H35N7O4S. The Balaban J connectivity index is 4.84. The van der Waals surface area contributed by atoms with Crippen LogP contribution in [0.3, 0.4) is 0 Å². The van der Waals surface area contributed by atoms with E-state index in [4.69, 9.17) is 11.1 Å². The lowest BCUT2D eigenvalue weighted by Gasteiger charge is -2.23. The fourth-order valence-corrected chi connectivity index (χ4v) is 2.58. The zero-order valence-electron chi connectivity index (χ0n) is 17.1. The summed E-state index contributed by atoms with van der Waals surface area (Å²) in [5.41, 5.74) is 5.65. The van der Waals surface area contributed by atoms with Gasteiger partial charge in [-0.3, -0.25) is 15.0 Å². The maximum atomic E-state index is 12.6. The number of carbonyl (C=O) groups is 3. The largest absolute Gasteiger partial charge is 0.480 e. The molecule has 0 aromatic heterocycles. The number of guanidine groups is 1. The number of carbonyl (C=O) groups excluding carboxylic acids is 2. The summed E-state index contributed by atoms with van der Waals surface area (Å²) in [6.45, 7) is 1.16. The van der Waals surface area contributed by atoms with Crippen LogP contribution in [0, 0.1) is 5.41 Å². The fraction of sp³-hybridized carbons (Fsp3) is 0.765. The van der Waals surface area contributed by atoms with Gasteiger partial charge in [0.15, 0.2) is 5.96 Å². The molecule has 0 saturated heterocycles. The molecule has 0 aromatic carbocycles. The highest BCUT2D eigenvalue weighted by Gasteiger charge is 2.27. The summed E-state index contributed by atoms with van der Waals surface area (Å²) in [5, 5.41) is 30.3. The van der Waals surface area contributed by atoms with Crippen molar-refractivity contribution in [3.63, 3.8) is 0 Å². The van der Waals surface area contributed by atoms with E-state index in [1.807, 2.05) is 7.05 Å². The lowest BCUT2D eigenvalue weighted by atomic mass is 10.1. The van der Waals surface area contributed by atoms with Crippen LogP contribution in [-0.2, 0) is 14.4 Å². The van der Waals surface area contributed by atoms with Crippen molar-refractivity contribution in [2.24, 2.45) is 5.73 Å². The number of nitrogens with one attached hydrogen (secondary N) is 6. The number of hydrogen-bond donors (Lipinski definition) is 9. The van der Waals surface area contributed by atoms with E-state index in [9.17, 15) is 19.5 Å². The summed E-state index contributed by atoms with van der Waals surface area (Å²) in [5.74, 6) is -1.96. The number of carboxylic acids is 1. The maximum absolute atomic E-state index is 12.6. The van der Waals surface area contributed by atoms with Crippen LogP contribution < -0.4 is 32.3 Å². The second kappa shape index (κ2) is 15.8. The van der Waals surface area contributed by atoms with Crippen molar-refractivity contribution < 1.29 is 19.5 Å². The van der Waals surface area contributed by atoms with Crippen LogP contribution in [0.5, 0.6) is 0 Å². The molecule has 0 fully saturated rings. The fourth-order valence-electron chi connectivity index (χ4n) is 2.42. The summed E-state index contributed by atoms with van der Waals surface area (Å²) in [7, 11) is 3.42. The van der Waals surface area contributed by atoms with Crippen LogP contribution in [0.2, 0.25) is 0 Å². The van der Waals surface area contributed by atoms with Crippen LogP contribution in [0.1, 0.15) is 32.1 Å². The molecule has 0 unspecified atom stereocenters. The standard InChI is InChI=1S/C17H35N7O4S/c1-20-8-4-3-6-12(23-14(25)11(18)10-29)15(26)24-13(16(27)28)7-5-9-22-17(19)21-2/h11-13,20,29H,3-10,18H2,1-2H3,(H,23,25)(H,24,26)(H,27,28)(H3,19,21,22)/t11-,12-,13-/m0/s1. The molecule has 0 bridgehead atoms. The first-order chi connectivity index (χ1) is 13.8. The Morgan fingerprint density at radius 2 is 1.62 bits per heavy atom. The molecule has 0 rings (SSSR count). The number of carboxylic acid groups (broad SMARTS) is 1. The van der Waals surface area contributed by atoms with Gasteiger partial charge < -0.3 is 37.4 Å². The lowest BCUT2D eigenvalue weighted by Crippen LogP contribution is -2.54. The Bertz CT molecular complexity index is 536. The first-order valence-electron chi connectivity index (χ1n) is 9.61. The van der Waals surface area contributed by atoms with Gasteiger partial charge in [0.2, 0.25) is 11.8 Å². The third kappa shape index (κ3) is 12.2. The zero-order valence-corrected chi connectivity index (χ0v) is 18.0. The molecule has 29 heavy (non-hydrogen) atoms. The van der Waals surface area contributed by atoms with Crippen molar-refractivity contribution in [1.82, 2.24) is 26.6 Å². The Kier molecular flexibility index (Phi) is 14.7. The summed E-state index contributed by atoms with van der Waals surface area (Å²) < 4.78 is 0. The first-order valence-corrected chi connectivity index (χ1v) is 10.2. The first kappa shape index (κ1) is 27.0. The molecule has 12 heteroatoms. The van der Waals surface area contributed by atoms with E-state index in [1.54, 1.807) is 7.05 Å². The molecule has 2 amide bonds. The molecule has 168 valence electrons. The van der Waals surface area contributed by atoms with Gasteiger partial charge in [-0.25, -0.2) is 4.79 Å². The topological polar surface area (TPSA) is 181 Å². The van der Waals surface area contributed by atoms with E-state index in [-0.39, 0.29) is 18.1 Å². The maximum Gasteiger partial charge on any atom is 0.326 e. The highest BCUT2D eigenvalue weighted by Crippen LogP contribution is 2.05.